The van der Waals surface area contributed by atoms with Gasteiger partial charge in [-0.05, 0) is 22.9 Å². The van der Waals surface area contributed by atoms with E-state index in [9.17, 15) is 0 Å². The Morgan fingerprint density at radius 2 is 1.82 bits per heavy atom. The lowest BCUT2D eigenvalue weighted by Gasteiger charge is -2.07. The molecule has 0 heterocycles. The lowest BCUT2D eigenvalue weighted by molar-refractivity contribution is 0.0992. The Labute approximate surface area is 101 Å². The largest absolute Gasteiger partial charge is 0.394 e. The van der Waals surface area contributed by atoms with Gasteiger partial charge in [0.1, 0.15) is 0 Å². The van der Waals surface area contributed by atoms with Crippen LogP contribution in [0.5, 0.6) is 0 Å². The van der Waals surface area contributed by atoms with E-state index in [1.54, 1.807) is 0 Å². The lowest BCUT2D eigenvalue weighted by Crippen LogP contribution is -2.11. The van der Waals surface area contributed by atoms with Crippen molar-refractivity contribution in [3.8, 4) is 0 Å². The molecule has 17 heavy (non-hydrogen) atoms. The summed E-state index contributed by atoms with van der Waals surface area (Å²) in [6, 6.07) is 14.6. The number of hydrogen-bond donors (Lipinski definition) is 2. The van der Waals surface area contributed by atoms with Crippen LogP contribution in [0.2, 0.25) is 0 Å². The van der Waals surface area contributed by atoms with Crippen molar-refractivity contribution in [2.75, 3.05) is 31.7 Å². The van der Waals surface area contributed by atoms with Gasteiger partial charge in [0, 0.05) is 12.2 Å². The van der Waals surface area contributed by atoms with Crippen LogP contribution in [0, 0.1) is 0 Å². The van der Waals surface area contributed by atoms with E-state index in [0.717, 1.165) is 12.2 Å². The molecule has 0 unspecified atom stereocenters. The topological polar surface area (TPSA) is 41.5 Å². The van der Waals surface area contributed by atoms with E-state index in [1.807, 2.05) is 12.1 Å². The van der Waals surface area contributed by atoms with Gasteiger partial charge in [-0.3, -0.25) is 0 Å². The van der Waals surface area contributed by atoms with E-state index in [2.05, 4.69) is 35.6 Å². The molecule has 0 amide bonds. The number of fused-ring (bicyclic) bond motifs is 1. The van der Waals surface area contributed by atoms with Gasteiger partial charge in [0.05, 0.1) is 19.8 Å². The molecule has 0 saturated carbocycles. The monoisotopic (exact) mass is 231 g/mol. The third kappa shape index (κ3) is 3.44. The number of anilines is 1. The molecule has 90 valence electrons. The summed E-state index contributed by atoms with van der Waals surface area (Å²) >= 11 is 0. The van der Waals surface area contributed by atoms with Crippen LogP contribution in [0.25, 0.3) is 10.8 Å². The van der Waals surface area contributed by atoms with Crippen molar-refractivity contribution < 1.29 is 9.84 Å². The molecule has 0 aliphatic heterocycles. The Hall–Kier alpha value is -1.58. The molecule has 2 aromatic carbocycles. The van der Waals surface area contributed by atoms with Gasteiger partial charge in [-0.25, -0.2) is 0 Å². The van der Waals surface area contributed by atoms with Gasteiger partial charge < -0.3 is 15.2 Å². The smallest absolute Gasteiger partial charge is 0.0698 e. The summed E-state index contributed by atoms with van der Waals surface area (Å²) in [6.07, 6.45) is 0. The first-order chi connectivity index (χ1) is 8.40. The second-order valence-electron chi connectivity index (χ2n) is 3.82. The van der Waals surface area contributed by atoms with Crippen LogP contribution in [0.1, 0.15) is 0 Å². The predicted molar refractivity (Wildman–Crippen MR) is 70.3 cm³/mol. The highest BCUT2D eigenvalue weighted by molar-refractivity contribution is 5.85. The maximum atomic E-state index is 8.56. The first kappa shape index (κ1) is 11.9. The van der Waals surface area contributed by atoms with Gasteiger partial charge in [-0.2, -0.15) is 0 Å². The number of rotatable bonds is 6. The molecule has 2 N–H and O–H groups in total. The van der Waals surface area contributed by atoms with Crippen LogP contribution in [0.15, 0.2) is 42.5 Å². The average Bonchev–Trinajstić information content (AvgIpc) is 2.38. The number of nitrogens with one attached hydrogen (secondary N) is 1. The maximum Gasteiger partial charge on any atom is 0.0698 e. The number of hydrogen-bond acceptors (Lipinski definition) is 3. The van der Waals surface area contributed by atoms with Crippen molar-refractivity contribution in [2.24, 2.45) is 0 Å². The Bertz CT molecular complexity index is 470. The standard InChI is InChI=1S/C14H17NO2/c16-8-10-17-9-7-15-14-6-5-12-3-1-2-4-13(12)11-14/h1-6,11,15-16H,7-10H2. The predicted octanol–water partition coefficient (Wildman–Crippen LogP) is 2.26. The minimum Gasteiger partial charge on any atom is -0.394 e. The molecular formula is C14H17NO2. The minimum atomic E-state index is 0.0793. The zero-order valence-corrected chi connectivity index (χ0v) is 9.73. The zero-order chi connectivity index (χ0) is 11.9. The van der Waals surface area contributed by atoms with Crippen molar-refractivity contribution in [2.45, 2.75) is 0 Å². The maximum absolute atomic E-state index is 8.56. The third-order valence-corrected chi connectivity index (χ3v) is 2.56. The summed E-state index contributed by atoms with van der Waals surface area (Å²) in [4.78, 5) is 0. The van der Waals surface area contributed by atoms with Crippen LogP contribution < -0.4 is 5.32 Å². The van der Waals surface area contributed by atoms with Gasteiger partial charge in [0.2, 0.25) is 0 Å². The molecule has 0 radical (unpaired) electrons. The van der Waals surface area contributed by atoms with Gasteiger partial charge in [-0.15, -0.1) is 0 Å². The molecule has 0 spiro atoms. The molecule has 0 saturated heterocycles. The SMILES string of the molecule is OCCOCCNc1ccc2ccccc2c1. The summed E-state index contributed by atoms with van der Waals surface area (Å²) in [6.45, 7) is 1.83. The second-order valence-corrected chi connectivity index (χ2v) is 3.82. The Morgan fingerprint density at radius 3 is 2.65 bits per heavy atom. The van der Waals surface area contributed by atoms with Crippen molar-refractivity contribution in [1.82, 2.24) is 0 Å². The molecule has 0 bridgehead atoms. The third-order valence-electron chi connectivity index (χ3n) is 2.56. The minimum absolute atomic E-state index is 0.0793. The molecule has 0 atom stereocenters. The van der Waals surface area contributed by atoms with Gasteiger partial charge in [-0.1, -0.05) is 30.3 Å². The van der Waals surface area contributed by atoms with Crippen LogP contribution in [0.3, 0.4) is 0 Å². The molecule has 3 nitrogen and oxygen atoms in total. The highest BCUT2D eigenvalue weighted by atomic mass is 16.5. The summed E-state index contributed by atoms with van der Waals surface area (Å²) in [5.41, 5.74) is 1.09. The van der Waals surface area contributed by atoms with Crippen LogP contribution >= 0.6 is 0 Å². The molecule has 0 aliphatic rings. The molecule has 2 aromatic rings. The normalized spacial score (nSPS) is 10.6. The fourth-order valence-electron chi connectivity index (χ4n) is 1.73. The van der Waals surface area contributed by atoms with E-state index < -0.39 is 0 Å². The van der Waals surface area contributed by atoms with E-state index in [1.165, 1.54) is 10.8 Å². The lowest BCUT2D eigenvalue weighted by atomic mass is 10.1. The first-order valence-electron chi connectivity index (χ1n) is 5.81. The van der Waals surface area contributed by atoms with Crippen LogP contribution in [0.4, 0.5) is 5.69 Å². The number of aliphatic hydroxyl groups excluding tert-OH is 1. The Kier molecular flexibility index (Phi) is 4.36. The number of ether oxygens (including phenoxy) is 1. The summed E-state index contributed by atoms with van der Waals surface area (Å²) in [5, 5.41) is 14.3. The van der Waals surface area contributed by atoms with Gasteiger partial charge >= 0.3 is 0 Å². The van der Waals surface area contributed by atoms with Crippen LogP contribution in [-0.4, -0.2) is 31.5 Å². The van der Waals surface area contributed by atoms with Crippen LogP contribution in [-0.2, 0) is 4.74 Å². The summed E-state index contributed by atoms with van der Waals surface area (Å²) < 4.78 is 5.18. The molecule has 0 fully saturated rings. The van der Waals surface area contributed by atoms with Gasteiger partial charge in [0.25, 0.3) is 0 Å². The Balaban J connectivity index is 1.90. The van der Waals surface area contributed by atoms with Crippen molar-refractivity contribution >= 4 is 16.5 Å². The van der Waals surface area contributed by atoms with E-state index >= 15 is 0 Å². The molecule has 3 heteroatoms. The summed E-state index contributed by atoms with van der Waals surface area (Å²) in [7, 11) is 0. The van der Waals surface area contributed by atoms with Gasteiger partial charge in [0.15, 0.2) is 0 Å². The molecule has 2 rings (SSSR count). The van der Waals surface area contributed by atoms with Crippen molar-refractivity contribution in [3.05, 3.63) is 42.5 Å². The van der Waals surface area contributed by atoms with Crippen molar-refractivity contribution in [1.29, 1.82) is 0 Å². The zero-order valence-electron chi connectivity index (χ0n) is 9.73. The average molecular weight is 231 g/mol. The number of aliphatic hydroxyl groups is 1. The number of benzene rings is 2. The van der Waals surface area contributed by atoms with E-state index in [-0.39, 0.29) is 6.61 Å². The molecule has 0 aliphatic carbocycles. The quantitative estimate of drug-likeness (QED) is 0.749. The second kappa shape index (κ2) is 6.23. The van der Waals surface area contributed by atoms with Crippen molar-refractivity contribution in [3.63, 3.8) is 0 Å². The summed E-state index contributed by atoms with van der Waals surface area (Å²) in [5.74, 6) is 0. The fourth-order valence-corrected chi connectivity index (χ4v) is 1.73. The molecular weight excluding hydrogens is 214 g/mol. The highest BCUT2D eigenvalue weighted by Crippen LogP contribution is 2.18. The molecule has 0 aromatic heterocycles. The van der Waals surface area contributed by atoms with E-state index in [4.69, 9.17) is 9.84 Å². The Morgan fingerprint density at radius 1 is 1.00 bits per heavy atom. The highest BCUT2D eigenvalue weighted by Gasteiger charge is 1.95. The fraction of sp³-hybridized carbons (Fsp3) is 0.286. The first-order valence-corrected chi connectivity index (χ1v) is 5.81. The van der Waals surface area contributed by atoms with E-state index in [0.29, 0.717) is 13.2 Å².